The molecule has 24 heavy (non-hydrogen) atoms. The molecule has 126 valence electrons. The molecule has 3 aromatic rings. The molecular formula is C18H22N4OS. The van der Waals surface area contributed by atoms with Gasteiger partial charge in [0.1, 0.15) is 5.82 Å². The number of hydrogen-bond donors (Lipinski definition) is 2. The van der Waals surface area contributed by atoms with Gasteiger partial charge in [-0.1, -0.05) is 18.2 Å². The SMILES string of the molecule is CN(C)C(CNC(=O)CCc1nc2ccccc2[nH]1)c1cccs1. The van der Waals surface area contributed by atoms with Gasteiger partial charge in [0.05, 0.1) is 17.1 Å². The first-order chi connectivity index (χ1) is 11.6. The van der Waals surface area contributed by atoms with E-state index in [0.717, 1.165) is 16.9 Å². The molecule has 2 N–H and O–H groups in total. The van der Waals surface area contributed by atoms with E-state index in [9.17, 15) is 4.79 Å². The number of aromatic nitrogens is 2. The van der Waals surface area contributed by atoms with Crippen molar-refractivity contribution in [3.63, 3.8) is 0 Å². The van der Waals surface area contributed by atoms with E-state index in [1.807, 2.05) is 44.4 Å². The van der Waals surface area contributed by atoms with Gasteiger partial charge in [0, 0.05) is 24.3 Å². The third kappa shape index (κ3) is 4.01. The molecule has 6 heteroatoms. The summed E-state index contributed by atoms with van der Waals surface area (Å²) in [6, 6.07) is 12.3. The molecule has 2 heterocycles. The number of hydrogen-bond acceptors (Lipinski definition) is 4. The van der Waals surface area contributed by atoms with Crippen molar-refractivity contribution in [3.8, 4) is 0 Å². The van der Waals surface area contributed by atoms with E-state index in [1.54, 1.807) is 11.3 Å². The van der Waals surface area contributed by atoms with Crippen LogP contribution in [-0.2, 0) is 11.2 Å². The van der Waals surface area contributed by atoms with Crippen LogP contribution in [0.1, 0.15) is 23.2 Å². The lowest BCUT2D eigenvalue weighted by molar-refractivity contribution is -0.121. The summed E-state index contributed by atoms with van der Waals surface area (Å²) in [6.45, 7) is 0.618. The number of fused-ring (bicyclic) bond motifs is 1. The van der Waals surface area contributed by atoms with Crippen molar-refractivity contribution in [2.75, 3.05) is 20.6 Å². The normalized spacial score (nSPS) is 12.6. The number of H-pyrrole nitrogens is 1. The maximum Gasteiger partial charge on any atom is 0.220 e. The Kier molecular flexibility index (Phi) is 5.27. The van der Waals surface area contributed by atoms with Crippen molar-refractivity contribution in [2.45, 2.75) is 18.9 Å². The van der Waals surface area contributed by atoms with Crippen LogP contribution in [0.5, 0.6) is 0 Å². The molecule has 0 aliphatic rings. The minimum absolute atomic E-state index is 0.0545. The molecule has 1 aromatic carbocycles. The minimum Gasteiger partial charge on any atom is -0.354 e. The summed E-state index contributed by atoms with van der Waals surface area (Å²) in [6.07, 6.45) is 1.05. The molecule has 1 unspecified atom stereocenters. The first-order valence-electron chi connectivity index (χ1n) is 8.03. The van der Waals surface area contributed by atoms with E-state index in [4.69, 9.17) is 0 Å². The van der Waals surface area contributed by atoms with Crippen LogP contribution in [0.2, 0.25) is 0 Å². The summed E-state index contributed by atoms with van der Waals surface area (Å²) in [5, 5.41) is 5.11. The Hall–Kier alpha value is -2.18. The van der Waals surface area contributed by atoms with Gasteiger partial charge in [-0.25, -0.2) is 4.98 Å². The summed E-state index contributed by atoms with van der Waals surface area (Å²) in [4.78, 5) is 23.3. The number of aryl methyl sites for hydroxylation is 1. The zero-order chi connectivity index (χ0) is 16.9. The largest absolute Gasteiger partial charge is 0.354 e. The molecule has 0 saturated heterocycles. The maximum atomic E-state index is 12.2. The molecule has 0 radical (unpaired) electrons. The standard InChI is InChI=1S/C18H22N4OS/c1-22(2)15(16-8-5-11-24-16)12-19-18(23)10-9-17-20-13-6-3-4-7-14(13)21-17/h3-8,11,15H,9-10,12H2,1-2H3,(H,19,23)(H,20,21). The van der Waals surface area contributed by atoms with Crippen molar-refractivity contribution in [1.29, 1.82) is 0 Å². The fourth-order valence-electron chi connectivity index (χ4n) is 2.67. The van der Waals surface area contributed by atoms with Crippen LogP contribution < -0.4 is 5.32 Å². The monoisotopic (exact) mass is 342 g/mol. The number of amides is 1. The Bertz CT molecular complexity index is 761. The van der Waals surface area contributed by atoms with Crippen LogP contribution in [0.25, 0.3) is 11.0 Å². The summed E-state index contributed by atoms with van der Waals surface area (Å²) in [5.74, 6) is 0.910. The molecule has 1 atom stereocenters. The fourth-order valence-corrected chi connectivity index (χ4v) is 3.60. The molecule has 0 saturated carbocycles. The van der Waals surface area contributed by atoms with Crippen molar-refractivity contribution < 1.29 is 4.79 Å². The van der Waals surface area contributed by atoms with Gasteiger partial charge < -0.3 is 15.2 Å². The Balaban J connectivity index is 1.51. The maximum absolute atomic E-state index is 12.2. The summed E-state index contributed by atoms with van der Waals surface area (Å²) < 4.78 is 0. The van der Waals surface area contributed by atoms with Gasteiger partial charge >= 0.3 is 0 Å². The lowest BCUT2D eigenvalue weighted by Crippen LogP contribution is -2.34. The zero-order valence-electron chi connectivity index (χ0n) is 14.0. The summed E-state index contributed by atoms with van der Waals surface area (Å²) >= 11 is 1.72. The van der Waals surface area contributed by atoms with Crippen LogP contribution in [0.15, 0.2) is 41.8 Å². The van der Waals surface area contributed by atoms with E-state index in [1.165, 1.54) is 4.88 Å². The molecule has 0 aliphatic carbocycles. The second-order valence-electron chi connectivity index (χ2n) is 6.00. The second-order valence-corrected chi connectivity index (χ2v) is 6.98. The number of aromatic amines is 1. The quantitative estimate of drug-likeness (QED) is 0.694. The van der Waals surface area contributed by atoms with Gasteiger partial charge in [-0.3, -0.25) is 4.79 Å². The van der Waals surface area contributed by atoms with Crippen LogP contribution >= 0.6 is 11.3 Å². The second kappa shape index (κ2) is 7.59. The number of benzene rings is 1. The molecule has 0 spiro atoms. The van der Waals surface area contributed by atoms with Gasteiger partial charge in [0.15, 0.2) is 0 Å². The number of carbonyl (C=O) groups is 1. The molecule has 2 aromatic heterocycles. The Morgan fingerprint density at radius 1 is 1.29 bits per heavy atom. The molecule has 5 nitrogen and oxygen atoms in total. The zero-order valence-corrected chi connectivity index (χ0v) is 14.8. The number of rotatable bonds is 7. The number of nitrogens with one attached hydrogen (secondary N) is 2. The van der Waals surface area contributed by atoms with E-state index < -0.39 is 0 Å². The van der Waals surface area contributed by atoms with Gasteiger partial charge in [0.2, 0.25) is 5.91 Å². The predicted molar refractivity (Wildman–Crippen MR) is 98.2 cm³/mol. The lowest BCUT2D eigenvalue weighted by atomic mass is 10.2. The lowest BCUT2D eigenvalue weighted by Gasteiger charge is -2.23. The third-order valence-electron chi connectivity index (χ3n) is 4.01. The number of carbonyl (C=O) groups excluding carboxylic acids is 1. The summed E-state index contributed by atoms with van der Waals surface area (Å²) in [5.41, 5.74) is 1.96. The Morgan fingerprint density at radius 2 is 2.12 bits per heavy atom. The van der Waals surface area contributed by atoms with E-state index in [0.29, 0.717) is 19.4 Å². The minimum atomic E-state index is 0.0545. The van der Waals surface area contributed by atoms with Crippen molar-refractivity contribution in [3.05, 3.63) is 52.5 Å². The number of para-hydroxylation sites is 2. The van der Waals surface area contributed by atoms with Crippen molar-refractivity contribution in [2.24, 2.45) is 0 Å². The highest BCUT2D eigenvalue weighted by atomic mass is 32.1. The predicted octanol–water partition coefficient (Wildman–Crippen LogP) is 2.98. The van der Waals surface area contributed by atoms with E-state index in [2.05, 4.69) is 31.6 Å². The van der Waals surface area contributed by atoms with Gasteiger partial charge in [-0.2, -0.15) is 0 Å². The highest BCUT2D eigenvalue weighted by molar-refractivity contribution is 7.10. The average Bonchev–Trinajstić information content (AvgIpc) is 3.22. The smallest absolute Gasteiger partial charge is 0.220 e. The topological polar surface area (TPSA) is 61.0 Å². The Morgan fingerprint density at radius 3 is 2.83 bits per heavy atom. The number of nitrogens with zero attached hydrogens (tertiary/aromatic N) is 2. The van der Waals surface area contributed by atoms with Crippen LogP contribution in [-0.4, -0.2) is 41.4 Å². The molecule has 0 bridgehead atoms. The molecule has 1 amide bonds. The van der Waals surface area contributed by atoms with E-state index in [-0.39, 0.29) is 11.9 Å². The molecule has 3 rings (SSSR count). The van der Waals surface area contributed by atoms with Gasteiger partial charge in [-0.15, -0.1) is 11.3 Å². The van der Waals surface area contributed by atoms with Crippen LogP contribution in [0, 0.1) is 0 Å². The van der Waals surface area contributed by atoms with Crippen LogP contribution in [0.4, 0.5) is 0 Å². The first-order valence-corrected chi connectivity index (χ1v) is 8.91. The van der Waals surface area contributed by atoms with Crippen molar-refractivity contribution >= 4 is 28.3 Å². The highest BCUT2D eigenvalue weighted by Gasteiger charge is 2.16. The van der Waals surface area contributed by atoms with Gasteiger partial charge in [0.25, 0.3) is 0 Å². The number of imidazole rings is 1. The first kappa shape index (κ1) is 16.7. The molecule has 0 fully saturated rings. The third-order valence-corrected chi connectivity index (χ3v) is 4.99. The highest BCUT2D eigenvalue weighted by Crippen LogP contribution is 2.22. The fraction of sp³-hybridized carbons (Fsp3) is 0.333. The van der Waals surface area contributed by atoms with Gasteiger partial charge in [-0.05, 0) is 37.7 Å². The average molecular weight is 342 g/mol. The molecule has 0 aliphatic heterocycles. The van der Waals surface area contributed by atoms with E-state index >= 15 is 0 Å². The summed E-state index contributed by atoms with van der Waals surface area (Å²) in [7, 11) is 4.07. The number of likely N-dealkylation sites (N-methyl/N-ethyl adjacent to an activating group) is 1. The number of thiophene rings is 1. The van der Waals surface area contributed by atoms with Crippen LogP contribution in [0.3, 0.4) is 0 Å². The van der Waals surface area contributed by atoms with Crippen molar-refractivity contribution in [1.82, 2.24) is 20.2 Å². The Labute approximate surface area is 145 Å². The molecular weight excluding hydrogens is 320 g/mol.